The molecule has 0 unspecified atom stereocenters. The highest BCUT2D eigenvalue weighted by atomic mass is 79.9. The van der Waals surface area contributed by atoms with Crippen LogP contribution in [-0.4, -0.2) is 31.7 Å². The zero-order valence-corrected chi connectivity index (χ0v) is 20.4. The van der Waals surface area contributed by atoms with Gasteiger partial charge >= 0.3 is 0 Å². The van der Waals surface area contributed by atoms with Gasteiger partial charge in [-0.3, -0.25) is 4.79 Å². The molecule has 1 aliphatic rings. The molecule has 1 heterocycles. The number of anilines is 1. The highest BCUT2D eigenvalue weighted by Gasteiger charge is 2.32. The van der Waals surface area contributed by atoms with Crippen LogP contribution in [0.3, 0.4) is 0 Å². The second-order valence-electron chi connectivity index (χ2n) is 7.23. The van der Waals surface area contributed by atoms with Gasteiger partial charge in [0.15, 0.2) is 0 Å². The fourth-order valence-corrected chi connectivity index (χ4v) is 5.96. The number of hydrogen-bond acceptors (Lipinski definition) is 3. The average Bonchev–Trinajstić information content (AvgIpc) is 2.70. The van der Waals surface area contributed by atoms with E-state index in [0.29, 0.717) is 25.9 Å². The first-order valence-electron chi connectivity index (χ1n) is 9.58. The first-order chi connectivity index (χ1) is 13.7. The van der Waals surface area contributed by atoms with Crippen molar-refractivity contribution in [2.24, 2.45) is 5.92 Å². The maximum atomic E-state index is 12.8. The van der Waals surface area contributed by atoms with Gasteiger partial charge in [0.05, 0.1) is 4.90 Å². The number of carbonyl (C=O) groups excluding carboxylic acids is 1. The van der Waals surface area contributed by atoms with E-state index in [9.17, 15) is 13.2 Å². The molecule has 8 heteroatoms. The zero-order chi connectivity index (χ0) is 21.2. The summed E-state index contributed by atoms with van der Waals surface area (Å²) in [5.41, 5.74) is 2.96. The van der Waals surface area contributed by atoms with Crippen LogP contribution in [0.5, 0.6) is 0 Å². The van der Waals surface area contributed by atoms with Crippen molar-refractivity contribution in [2.75, 3.05) is 18.4 Å². The van der Waals surface area contributed by atoms with Crippen molar-refractivity contribution in [2.45, 2.75) is 38.0 Å². The lowest BCUT2D eigenvalue weighted by molar-refractivity contribution is -0.120. The van der Waals surface area contributed by atoms with Crippen molar-refractivity contribution in [1.29, 1.82) is 0 Å². The number of nitrogens with one attached hydrogen (secondary N) is 1. The summed E-state index contributed by atoms with van der Waals surface area (Å²) in [6.07, 6.45) is 1.84. The molecule has 0 aliphatic carbocycles. The Kier molecular flexibility index (Phi) is 7.19. The smallest absolute Gasteiger partial charge is 0.243 e. The maximum Gasteiger partial charge on any atom is 0.243 e. The molecule has 0 radical (unpaired) electrons. The number of piperidine rings is 1. The van der Waals surface area contributed by atoms with Crippen LogP contribution in [0.15, 0.2) is 50.2 Å². The Bertz CT molecular complexity index is 999. The van der Waals surface area contributed by atoms with E-state index in [1.807, 2.05) is 19.1 Å². The molecule has 156 valence electrons. The van der Waals surface area contributed by atoms with Crippen LogP contribution in [0.2, 0.25) is 0 Å². The van der Waals surface area contributed by atoms with Crippen LogP contribution in [0, 0.1) is 12.8 Å². The lowest BCUT2D eigenvalue weighted by atomic mass is 9.96. The molecule has 3 rings (SSSR count). The van der Waals surface area contributed by atoms with Crippen molar-refractivity contribution < 1.29 is 13.2 Å². The number of hydrogen-bond donors (Lipinski definition) is 1. The predicted molar refractivity (Wildman–Crippen MR) is 123 cm³/mol. The lowest BCUT2D eigenvalue weighted by Gasteiger charge is -2.31. The van der Waals surface area contributed by atoms with Gasteiger partial charge in [0.2, 0.25) is 15.9 Å². The number of benzene rings is 2. The van der Waals surface area contributed by atoms with Gasteiger partial charge in [-0.25, -0.2) is 8.42 Å². The molecule has 0 spiro atoms. The van der Waals surface area contributed by atoms with Gasteiger partial charge in [0, 0.05) is 33.6 Å². The molecule has 1 N–H and O–H groups in total. The second-order valence-corrected chi connectivity index (χ2v) is 11.0. The molecule has 0 saturated carbocycles. The summed E-state index contributed by atoms with van der Waals surface area (Å²) < 4.78 is 29.0. The van der Waals surface area contributed by atoms with Crippen molar-refractivity contribution in [3.05, 3.63) is 56.5 Å². The molecule has 2 aromatic carbocycles. The standard InChI is InChI=1S/C21H24Br2N2O3S/c1-3-15-13-18(23)12-14(2)20(15)24-21(26)16-8-10-25(11-9-16)29(27,28)19-6-4-17(22)5-7-19/h4-7,12-13,16H,3,8-11H2,1-2H3,(H,24,26). The van der Waals surface area contributed by atoms with Crippen LogP contribution in [0.1, 0.15) is 30.9 Å². The van der Waals surface area contributed by atoms with Gasteiger partial charge in [-0.05, 0) is 73.7 Å². The number of nitrogens with zero attached hydrogens (tertiary/aromatic N) is 1. The van der Waals surface area contributed by atoms with Crippen LogP contribution in [-0.2, 0) is 21.2 Å². The Labute approximate surface area is 189 Å². The second kappa shape index (κ2) is 9.29. The Hall–Kier alpha value is -1.22. The molecule has 0 aromatic heterocycles. The predicted octanol–water partition coefficient (Wildman–Crippen LogP) is 5.12. The van der Waals surface area contributed by atoms with E-state index in [4.69, 9.17) is 0 Å². The monoisotopic (exact) mass is 542 g/mol. The summed E-state index contributed by atoms with van der Waals surface area (Å²) in [6, 6.07) is 10.7. The van der Waals surface area contributed by atoms with Crippen LogP contribution < -0.4 is 5.32 Å². The summed E-state index contributed by atoms with van der Waals surface area (Å²) in [4.78, 5) is 13.1. The fraction of sp³-hybridized carbons (Fsp3) is 0.381. The molecular formula is C21H24Br2N2O3S. The summed E-state index contributed by atoms with van der Waals surface area (Å²) in [5, 5.41) is 3.09. The number of rotatable bonds is 5. The van der Waals surface area contributed by atoms with Crippen LogP contribution in [0.25, 0.3) is 0 Å². The van der Waals surface area contributed by atoms with Crippen LogP contribution >= 0.6 is 31.9 Å². The molecular weight excluding hydrogens is 520 g/mol. The average molecular weight is 544 g/mol. The minimum atomic E-state index is -3.53. The third-order valence-electron chi connectivity index (χ3n) is 5.29. The minimum absolute atomic E-state index is 0.0363. The number of carbonyl (C=O) groups is 1. The maximum absolute atomic E-state index is 12.8. The molecule has 1 fully saturated rings. The summed E-state index contributed by atoms with van der Waals surface area (Å²) in [6.45, 7) is 4.72. The Morgan fingerprint density at radius 2 is 1.72 bits per heavy atom. The summed E-state index contributed by atoms with van der Waals surface area (Å²) in [7, 11) is -3.53. The summed E-state index contributed by atoms with van der Waals surface area (Å²) >= 11 is 6.82. The van der Waals surface area contributed by atoms with Crippen molar-refractivity contribution >= 4 is 53.5 Å². The van der Waals surface area contributed by atoms with Gasteiger partial charge in [0.25, 0.3) is 0 Å². The first kappa shape index (κ1) is 22.5. The first-order valence-corrected chi connectivity index (χ1v) is 12.6. The quantitative estimate of drug-likeness (QED) is 0.569. The number of sulfonamides is 1. The molecule has 0 bridgehead atoms. The van der Waals surface area contributed by atoms with Gasteiger partial charge in [0.1, 0.15) is 0 Å². The van der Waals surface area contributed by atoms with Gasteiger partial charge in [-0.2, -0.15) is 4.31 Å². The number of halogens is 2. The van der Waals surface area contributed by atoms with E-state index >= 15 is 0 Å². The SMILES string of the molecule is CCc1cc(Br)cc(C)c1NC(=O)C1CCN(S(=O)(=O)c2ccc(Br)cc2)CC1. The van der Waals surface area contributed by atoms with Crippen molar-refractivity contribution in [1.82, 2.24) is 4.31 Å². The van der Waals surface area contributed by atoms with Gasteiger partial charge in [-0.1, -0.05) is 38.8 Å². The highest BCUT2D eigenvalue weighted by molar-refractivity contribution is 9.10. The van der Waals surface area contributed by atoms with Crippen molar-refractivity contribution in [3.63, 3.8) is 0 Å². The molecule has 1 aliphatic heterocycles. The van der Waals surface area contributed by atoms with E-state index in [1.165, 1.54) is 4.31 Å². The van der Waals surface area contributed by atoms with Crippen molar-refractivity contribution in [3.8, 4) is 0 Å². The van der Waals surface area contributed by atoms with E-state index in [-0.39, 0.29) is 16.7 Å². The minimum Gasteiger partial charge on any atom is -0.325 e. The largest absolute Gasteiger partial charge is 0.325 e. The zero-order valence-electron chi connectivity index (χ0n) is 16.4. The Morgan fingerprint density at radius 1 is 1.10 bits per heavy atom. The Morgan fingerprint density at radius 3 is 2.31 bits per heavy atom. The molecule has 0 atom stereocenters. The number of aryl methyl sites for hydroxylation is 2. The third-order valence-corrected chi connectivity index (χ3v) is 8.19. The summed E-state index contributed by atoms with van der Waals surface area (Å²) in [5.74, 6) is -0.232. The molecule has 5 nitrogen and oxygen atoms in total. The highest BCUT2D eigenvalue weighted by Crippen LogP contribution is 2.29. The molecule has 29 heavy (non-hydrogen) atoms. The normalized spacial score (nSPS) is 16.0. The fourth-order valence-electron chi connectivity index (χ4n) is 3.61. The van der Waals surface area contributed by atoms with Gasteiger partial charge < -0.3 is 5.32 Å². The van der Waals surface area contributed by atoms with Crippen LogP contribution in [0.4, 0.5) is 5.69 Å². The third kappa shape index (κ3) is 5.10. The number of amides is 1. The molecule has 1 saturated heterocycles. The van der Waals surface area contributed by atoms with E-state index in [2.05, 4.69) is 44.1 Å². The van der Waals surface area contributed by atoms with E-state index in [0.717, 1.165) is 32.2 Å². The van der Waals surface area contributed by atoms with Gasteiger partial charge in [-0.15, -0.1) is 0 Å². The Balaban J connectivity index is 1.66. The van der Waals surface area contributed by atoms with E-state index < -0.39 is 10.0 Å². The lowest BCUT2D eigenvalue weighted by Crippen LogP contribution is -2.41. The van der Waals surface area contributed by atoms with E-state index in [1.54, 1.807) is 24.3 Å². The topological polar surface area (TPSA) is 66.5 Å². The molecule has 2 aromatic rings. The molecule has 1 amide bonds.